The molecule has 1 atom stereocenters. The molecule has 3 N–H and O–H groups in total. The van der Waals surface area contributed by atoms with Crippen LogP contribution in [0.4, 0.5) is 0 Å². The van der Waals surface area contributed by atoms with Gasteiger partial charge in [-0.3, -0.25) is 0 Å². The van der Waals surface area contributed by atoms with Gasteiger partial charge in [-0.25, -0.2) is 0 Å². The van der Waals surface area contributed by atoms with E-state index < -0.39 is 0 Å². The van der Waals surface area contributed by atoms with Crippen molar-refractivity contribution in [1.82, 2.24) is 0 Å². The summed E-state index contributed by atoms with van der Waals surface area (Å²) in [5.41, 5.74) is 2.89. The van der Waals surface area contributed by atoms with E-state index in [1.165, 1.54) is 0 Å². The van der Waals surface area contributed by atoms with Gasteiger partial charge in [0.15, 0.2) is 0 Å². The van der Waals surface area contributed by atoms with Crippen LogP contribution in [0.2, 0.25) is 0 Å². The smallest absolute Gasteiger partial charge is 0.119 e. The fraction of sp³-hybridized carbons (Fsp3) is 0.182. The molecule has 4 nitrogen and oxygen atoms in total. The van der Waals surface area contributed by atoms with E-state index in [-0.39, 0.29) is 29.9 Å². The molecule has 0 amide bonds. The first kappa shape index (κ1) is 17.8. The molecular formula is C22H22O4. The number of benzene rings is 3. The SMILES string of the molecule is COc1cccc(C(CO)C(c2ccc(O)cc2)c2ccc(O)cc2)c1. The van der Waals surface area contributed by atoms with Crippen molar-refractivity contribution in [3.63, 3.8) is 0 Å². The van der Waals surface area contributed by atoms with Crippen LogP contribution in [0.15, 0.2) is 72.8 Å². The van der Waals surface area contributed by atoms with Crippen molar-refractivity contribution in [3.05, 3.63) is 89.5 Å². The number of aromatic hydroxyl groups is 2. The first-order valence-corrected chi connectivity index (χ1v) is 8.45. The van der Waals surface area contributed by atoms with Gasteiger partial charge in [-0.05, 0) is 53.1 Å². The van der Waals surface area contributed by atoms with Crippen LogP contribution in [-0.2, 0) is 0 Å². The lowest BCUT2D eigenvalue weighted by molar-refractivity contribution is 0.255. The molecule has 0 radical (unpaired) electrons. The van der Waals surface area contributed by atoms with Crippen LogP contribution in [-0.4, -0.2) is 29.0 Å². The van der Waals surface area contributed by atoms with E-state index >= 15 is 0 Å². The van der Waals surface area contributed by atoms with Crippen LogP contribution >= 0.6 is 0 Å². The number of phenols is 2. The number of methoxy groups -OCH3 is 1. The fourth-order valence-corrected chi connectivity index (χ4v) is 3.30. The maximum Gasteiger partial charge on any atom is 0.119 e. The molecule has 26 heavy (non-hydrogen) atoms. The van der Waals surface area contributed by atoms with Crippen molar-refractivity contribution in [3.8, 4) is 17.2 Å². The third-order valence-corrected chi connectivity index (χ3v) is 4.63. The highest BCUT2D eigenvalue weighted by Crippen LogP contribution is 2.40. The van der Waals surface area contributed by atoms with E-state index in [0.29, 0.717) is 0 Å². The summed E-state index contributed by atoms with van der Waals surface area (Å²) in [6, 6.07) is 21.7. The first-order chi connectivity index (χ1) is 12.6. The predicted molar refractivity (Wildman–Crippen MR) is 101 cm³/mol. The van der Waals surface area contributed by atoms with Gasteiger partial charge in [-0.1, -0.05) is 36.4 Å². The van der Waals surface area contributed by atoms with Gasteiger partial charge in [0.2, 0.25) is 0 Å². The number of aliphatic hydroxyl groups is 1. The van der Waals surface area contributed by atoms with Gasteiger partial charge in [0.05, 0.1) is 13.7 Å². The lowest BCUT2D eigenvalue weighted by atomic mass is 9.77. The van der Waals surface area contributed by atoms with Gasteiger partial charge in [0.25, 0.3) is 0 Å². The largest absolute Gasteiger partial charge is 0.508 e. The molecule has 134 valence electrons. The van der Waals surface area contributed by atoms with Crippen molar-refractivity contribution < 1.29 is 20.1 Å². The lowest BCUT2D eigenvalue weighted by Gasteiger charge is -2.27. The minimum atomic E-state index is -0.209. The molecular weight excluding hydrogens is 328 g/mol. The van der Waals surface area contributed by atoms with Gasteiger partial charge in [-0.2, -0.15) is 0 Å². The maximum absolute atomic E-state index is 10.2. The van der Waals surface area contributed by atoms with E-state index in [9.17, 15) is 15.3 Å². The Bertz CT molecular complexity index is 795. The van der Waals surface area contributed by atoms with Crippen molar-refractivity contribution in [2.45, 2.75) is 11.8 Å². The number of rotatable bonds is 6. The summed E-state index contributed by atoms with van der Waals surface area (Å²) in [5.74, 6) is 0.767. The van der Waals surface area contributed by atoms with E-state index in [1.807, 2.05) is 48.5 Å². The Morgan fingerprint density at radius 2 is 1.31 bits per heavy atom. The van der Waals surface area contributed by atoms with Crippen LogP contribution < -0.4 is 4.74 Å². The summed E-state index contributed by atoms with van der Waals surface area (Å²) in [6.07, 6.45) is 0. The van der Waals surface area contributed by atoms with E-state index in [4.69, 9.17) is 4.74 Å². The summed E-state index contributed by atoms with van der Waals surface area (Å²) in [4.78, 5) is 0. The topological polar surface area (TPSA) is 69.9 Å². The number of aliphatic hydroxyl groups excluding tert-OH is 1. The normalized spacial score (nSPS) is 12.1. The average Bonchev–Trinajstić information content (AvgIpc) is 2.68. The number of ether oxygens (including phenoxy) is 1. The van der Waals surface area contributed by atoms with Crippen LogP contribution in [0.3, 0.4) is 0 Å². The van der Waals surface area contributed by atoms with E-state index in [0.717, 1.165) is 22.4 Å². The maximum atomic E-state index is 10.2. The second kappa shape index (κ2) is 7.93. The molecule has 3 aromatic carbocycles. The zero-order valence-corrected chi connectivity index (χ0v) is 14.5. The number of hydrogen-bond acceptors (Lipinski definition) is 4. The van der Waals surface area contributed by atoms with Gasteiger partial charge in [0.1, 0.15) is 17.2 Å². The average molecular weight is 350 g/mol. The Morgan fingerprint density at radius 3 is 1.77 bits per heavy atom. The second-order valence-electron chi connectivity index (χ2n) is 6.23. The Morgan fingerprint density at radius 1 is 0.769 bits per heavy atom. The number of phenolic OH excluding ortho intramolecular Hbond substituents is 2. The molecule has 0 fully saturated rings. The molecule has 3 aromatic rings. The highest BCUT2D eigenvalue weighted by Gasteiger charge is 2.26. The molecule has 4 heteroatoms. The summed E-state index contributed by atoms with van der Waals surface area (Å²) in [5, 5.41) is 29.5. The zero-order chi connectivity index (χ0) is 18.5. The highest BCUT2D eigenvalue weighted by atomic mass is 16.5. The molecule has 0 saturated carbocycles. The quantitative estimate of drug-likeness (QED) is 0.628. The third-order valence-electron chi connectivity index (χ3n) is 4.63. The van der Waals surface area contributed by atoms with E-state index in [2.05, 4.69) is 0 Å². The van der Waals surface area contributed by atoms with Crippen LogP contribution in [0.25, 0.3) is 0 Å². The van der Waals surface area contributed by atoms with Crippen molar-refractivity contribution in [1.29, 1.82) is 0 Å². The minimum absolute atomic E-state index is 0.0560. The fourth-order valence-electron chi connectivity index (χ4n) is 3.30. The van der Waals surface area contributed by atoms with Crippen LogP contribution in [0.1, 0.15) is 28.5 Å². The standard InChI is InChI=1S/C22H22O4/c1-26-20-4-2-3-17(13-20)21(14-23)22(15-5-9-18(24)10-6-15)16-7-11-19(25)12-8-16/h2-13,21-25H,14H2,1H3. The second-order valence-corrected chi connectivity index (χ2v) is 6.23. The first-order valence-electron chi connectivity index (χ1n) is 8.45. The third kappa shape index (κ3) is 3.81. The molecule has 0 saturated heterocycles. The Labute approximate surface area is 153 Å². The van der Waals surface area contributed by atoms with Crippen LogP contribution in [0, 0.1) is 0 Å². The monoisotopic (exact) mass is 350 g/mol. The molecule has 0 heterocycles. The summed E-state index contributed by atoms with van der Waals surface area (Å²) >= 11 is 0. The molecule has 0 bridgehead atoms. The molecule has 0 aliphatic rings. The molecule has 1 unspecified atom stereocenters. The predicted octanol–water partition coefficient (Wildman–Crippen LogP) is 4.01. The molecule has 0 aliphatic heterocycles. The summed E-state index contributed by atoms with van der Waals surface area (Å²) in [7, 11) is 1.62. The Hall–Kier alpha value is -2.98. The van der Waals surface area contributed by atoms with Gasteiger partial charge < -0.3 is 20.1 Å². The molecule has 0 aromatic heterocycles. The van der Waals surface area contributed by atoms with Gasteiger partial charge in [-0.15, -0.1) is 0 Å². The number of hydrogen-bond donors (Lipinski definition) is 3. The lowest BCUT2D eigenvalue weighted by Crippen LogP contribution is -2.16. The molecule has 0 spiro atoms. The van der Waals surface area contributed by atoms with Crippen LogP contribution in [0.5, 0.6) is 17.2 Å². The van der Waals surface area contributed by atoms with Crippen molar-refractivity contribution >= 4 is 0 Å². The van der Waals surface area contributed by atoms with Crippen molar-refractivity contribution in [2.24, 2.45) is 0 Å². The van der Waals surface area contributed by atoms with Gasteiger partial charge >= 0.3 is 0 Å². The zero-order valence-electron chi connectivity index (χ0n) is 14.5. The minimum Gasteiger partial charge on any atom is -0.508 e. The van der Waals surface area contributed by atoms with Crippen molar-refractivity contribution in [2.75, 3.05) is 13.7 Å². The summed E-state index contributed by atoms with van der Waals surface area (Å²) in [6.45, 7) is -0.0560. The van der Waals surface area contributed by atoms with E-state index in [1.54, 1.807) is 31.4 Å². The Kier molecular flexibility index (Phi) is 5.44. The Balaban J connectivity index is 2.10. The molecule has 0 aliphatic carbocycles. The van der Waals surface area contributed by atoms with Gasteiger partial charge in [0, 0.05) is 11.8 Å². The summed E-state index contributed by atoms with van der Waals surface area (Å²) < 4.78 is 5.32. The molecule has 3 rings (SSSR count). The highest BCUT2D eigenvalue weighted by molar-refractivity contribution is 5.43.